The average Bonchev–Trinajstić information content (AvgIpc) is 2.86. The maximum atomic E-state index is 12.1. The van der Waals surface area contributed by atoms with E-state index in [0.29, 0.717) is 6.42 Å². The quantitative estimate of drug-likeness (QED) is 0.906. The van der Waals surface area contributed by atoms with Gasteiger partial charge in [0, 0.05) is 31.9 Å². The van der Waals surface area contributed by atoms with Crippen molar-refractivity contribution in [1.29, 1.82) is 0 Å². The Morgan fingerprint density at radius 2 is 2.22 bits per heavy atom. The molecule has 1 aromatic rings. The van der Waals surface area contributed by atoms with Gasteiger partial charge in [-0.15, -0.1) is 12.4 Å². The lowest BCUT2D eigenvalue weighted by Crippen LogP contribution is -2.32. The molecule has 0 radical (unpaired) electrons. The molecule has 0 bridgehead atoms. The SMILES string of the molecule is CNCCC(=O)N1CCCC1c1ccncc1.Cl. The summed E-state index contributed by atoms with van der Waals surface area (Å²) in [4.78, 5) is 18.1. The van der Waals surface area contributed by atoms with Gasteiger partial charge in [0.1, 0.15) is 0 Å². The standard InChI is InChI=1S/C13H19N3O.ClH/c1-14-7-6-13(17)16-10-2-3-12(16)11-4-8-15-9-5-11;/h4-5,8-9,12,14H,2-3,6-7,10H2,1H3;1H. The number of aromatic nitrogens is 1. The number of nitrogens with zero attached hydrogens (tertiary/aromatic N) is 2. The highest BCUT2D eigenvalue weighted by Gasteiger charge is 2.29. The number of amides is 1. The third-order valence-corrected chi connectivity index (χ3v) is 3.25. The van der Waals surface area contributed by atoms with Crippen molar-refractivity contribution in [3.05, 3.63) is 30.1 Å². The number of halogens is 1. The van der Waals surface area contributed by atoms with Crippen molar-refractivity contribution in [2.24, 2.45) is 0 Å². The maximum Gasteiger partial charge on any atom is 0.224 e. The van der Waals surface area contributed by atoms with Crippen molar-refractivity contribution in [3.63, 3.8) is 0 Å². The van der Waals surface area contributed by atoms with E-state index in [2.05, 4.69) is 10.3 Å². The summed E-state index contributed by atoms with van der Waals surface area (Å²) in [5, 5.41) is 3.02. The number of carbonyl (C=O) groups excluding carboxylic acids is 1. The van der Waals surface area contributed by atoms with E-state index in [-0.39, 0.29) is 24.4 Å². The van der Waals surface area contributed by atoms with Gasteiger partial charge in [-0.2, -0.15) is 0 Å². The number of hydrogen-bond donors (Lipinski definition) is 1. The van der Waals surface area contributed by atoms with Gasteiger partial charge in [0.05, 0.1) is 6.04 Å². The topological polar surface area (TPSA) is 45.2 Å². The van der Waals surface area contributed by atoms with E-state index in [1.54, 1.807) is 12.4 Å². The first kappa shape index (κ1) is 14.9. The van der Waals surface area contributed by atoms with Gasteiger partial charge in [0.15, 0.2) is 0 Å². The third-order valence-electron chi connectivity index (χ3n) is 3.25. The third kappa shape index (κ3) is 3.43. The number of hydrogen-bond acceptors (Lipinski definition) is 3. The van der Waals surface area contributed by atoms with Crippen LogP contribution in [0.25, 0.3) is 0 Å². The molecule has 0 spiro atoms. The highest BCUT2D eigenvalue weighted by Crippen LogP contribution is 2.31. The Kier molecular flexibility index (Phi) is 6.09. The number of rotatable bonds is 4. The molecule has 0 saturated carbocycles. The summed E-state index contributed by atoms with van der Waals surface area (Å²) in [6.07, 6.45) is 6.33. The van der Waals surface area contributed by atoms with Gasteiger partial charge < -0.3 is 10.2 Å². The summed E-state index contributed by atoms with van der Waals surface area (Å²) >= 11 is 0. The lowest BCUT2D eigenvalue weighted by atomic mass is 10.1. The second kappa shape index (κ2) is 7.34. The zero-order valence-corrected chi connectivity index (χ0v) is 11.4. The van der Waals surface area contributed by atoms with Crippen LogP contribution in [0, 0.1) is 0 Å². The van der Waals surface area contributed by atoms with Crippen molar-refractivity contribution < 1.29 is 4.79 Å². The Morgan fingerprint density at radius 3 is 2.89 bits per heavy atom. The van der Waals surface area contributed by atoms with Crippen molar-refractivity contribution in [2.45, 2.75) is 25.3 Å². The largest absolute Gasteiger partial charge is 0.336 e. The van der Waals surface area contributed by atoms with Crippen LogP contribution in [0.2, 0.25) is 0 Å². The first-order chi connectivity index (χ1) is 8.33. The first-order valence-electron chi connectivity index (χ1n) is 6.17. The Morgan fingerprint density at radius 1 is 1.50 bits per heavy atom. The summed E-state index contributed by atoms with van der Waals surface area (Å²) < 4.78 is 0. The lowest BCUT2D eigenvalue weighted by molar-refractivity contribution is -0.132. The zero-order chi connectivity index (χ0) is 12.1. The van der Waals surface area contributed by atoms with Gasteiger partial charge in [0.2, 0.25) is 5.91 Å². The number of likely N-dealkylation sites (tertiary alicyclic amines) is 1. The molecule has 0 aliphatic carbocycles. The van der Waals surface area contributed by atoms with Gasteiger partial charge in [-0.25, -0.2) is 0 Å². The molecular formula is C13H20ClN3O. The first-order valence-corrected chi connectivity index (χ1v) is 6.17. The van der Waals surface area contributed by atoms with Crippen molar-refractivity contribution in [1.82, 2.24) is 15.2 Å². The molecule has 1 amide bonds. The van der Waals surface area contributed by atoms with E-state index in [4.69, 9.17) is 0 Å². The number of carbonyl (C=O) groups is 1. The molecule has 1 saturated heterocycles. The minimum Gasteiger partial charge on any atom is -0.336 e. The summed E-state index contributed by atoms with van der Waals surface area (Å²) in [5.74, 6) is 0.249. The van der Waals surface area contributed by atoms with Gasteiger partial charge in [-0.3, -0.25) is 9.78 Å². The van der Waals surface area contributed by atoms with Crippen LogP contribution < -0.4 is 5.32 Å². The molecule has 1 aliphatic rings. The molecule has 2 rings (SSSR count). The van der Waals surface area contributed by atoms with Gasteiger partial charge >= 0.3 is 0 Å². The molecule has 1 aliphatic heterocycles. The molecule has 1 atom stereocenters. The van der Waals surface area contributed by atoms with Crippen molar-refractivity contribution in [3.8, 4) is 0 Å². The predicted octanol–water partition coefficient (Wildman–Crippen LogP) is 1.78. The number of pyridine rings is 1. The van der Waals surface area contributed by atoms with Crippen molar-refractivity contribution in [2.75, 3.05) is 20.1 Å². The molecule has 0 aromatic carbocycles. The van der Waals surface area contributed by atoms with Crippen LogP contribution in [0.3, 0.4) is 0 Å². The minimum atomic E-state index is 0. The molecule has 1 fully saturated rings. The fourth-order valence-corrected chi connectivity index (χ4v) is 2.37. The van der Waals surface area contributed by atoms with Gasteiger partial charge in [0.25, 0.3) is 0 Å². The van der Waals surface area contributed by atoms with Crippen LogP contribution in [0.15, 0.2) is 24.5 Å². The van der Waals surface area contributed by atoms with Crippen LogP contribution in [0.5, 0.6) is 0 Å². The van der Waals surface area contributed by atoms with E-state index >= 15 is 0 Å². The lowest BCUT2D eigenvalue weighted by Gasteiger charge is -2.25. The Balaban J connectivity index is 0.00000162. The average molecular weight is 270 g/mol. The second-order valence-electron chi connectivity index (χ2n) is 4.38. The minimum absolute atomic E-state index is 0. The zero-order valence-electron chi connectivity index (χ0n) is 10.6. The van der Waals surface area contributed by atoms with Crippen LogP contribution in [-0.4, -0.2) is 35.9 Å². The van der Waals surface area contributed by atoms with E-state index in [1.807, 2.05) is 24.1 Å². The van der Waals surface area contributed by atoms with E-state index in [9.17, 15) is 4.79 Å². The Labute approximate surface area is 114 Å². The fourth-order valence-electron chi connectivity index (χ4n) is 2.37. The summed E-state index contributed by atoms with van der Waals surface area (Å²) in [6, 6.07) is 4.27. The monoisotopic (exact) mass is 269 g/mol. The molecule has 5 heteroatoms. The Hall–Kier alpha value is -1.13. The van der Waals surface area contributed by atoms with Crippen LogP contribution in [-0.2, 0) is 4.79 Å². The molecule has 100 valence electrons. The van der Waals surface area contributed by atoms with Gasteiger partial charge in [-0.1, -0.05) is 0 Å². The van der Waals surface area contributed by atoms with E-state index in [0.717, 1.165) is 25.9 Å². The maximum absolute atomic E-state index is 12.1. The summed E-state index contributed by atoms with van der Waals surface area (Å²) in [7, 11) is 1.87. The molecular weight excluding hydrogens is 250 g/mol. The van der Waals surface area contributed by atoms with E-state index in [1.165, 1.54) is 5.56 Å². The Bertz CT molecular complexity index is 372. The van der Waals surface area contributed by atoms with Crippen LogP contribution in [0.4, 0.5) is 0 Å². The second-order valence-corrected chi connectivity index (χ2v) is 4.38. The van der Waals surface area contributed by atoms with Gasteiger partial charge in [-0.05, 0) is 37.6 Å². The molecule has 2 heterocycles. The molecule has 18 heavy (non-hydrogen) atoms. The van der Waals surface area contributed by atoms with Crippen LogP contribution >= 0.6 is 12.4 Å². The highest BCUT2D eigenvalue weighted by molar-refractivity contribution is 5.85. The molecule has 1 aromatic heterocycles. The fraction of sp³-hybridized carbons (Fsp3) is 0.538. The number of nitrogens with one attached hydrogen (secondary N) is 1. The predicted molar refractivity (Wildman–Crippen MR) is 73.7 cm³/mol. The van der Waals surface area contributed by atoms with Crippen molar-refractivity contribution >= 4 is 18.3 Å². The normalized spacial score (nSPS) is 18.5. The highest BCUT2D eigenvalue weighted by atomic mass is 35.5. The van der Waals surface area contributed by atoms with E-state index < -0.39 is 0 Å². The summed E-state index contributed by atoms with van der Waals surface area (Å²) in [6.45, 7) is 1.63. The summed E-state index contributed by atoms with van der Waals surface area (Å²) in [5.41, 5.74) is 1.20. The molecule has 4 nitrogen and oxygen atoms in total. The smallest absolute Gasteiger partial charge is 0.224 e. The van der Waals surface area contributed by atoms with Crippen LogP contribution in [0.1, 0.15) is 30.9 Å². The molecule has 1 N–H and O–H groups in total. The molecule has 1 unspecified atom stereocenters.